The minimum absolute atomic E-state index is 0.0225. The second-order valence-electron chi connectivity index (χ2n) is 6.29. The maximum atomic E-state index is 11.3. The molecule has 0 spiro atoms. The van der Waals surface area contributed by atoms with Gasteiger partial charge in [-0.3, -0.25) is 9.11 Å². The van der Waals surface area contributed by atoms with Crippen LogP contribution in [0.1, 0.15) is 5.56 Å². The van der Waals surface area contributed by atoms with Crippen molar-refractivity contribution < 1.29 is 49.4 Å². The molecule has 1 aromatic carbocycles. The lowest BCUT2D eigenvalue weighted by molar-refractivity contribution is -0.276. The van der Waals surface area contributed by atoms with E-state index in [4.69, 9.17) is 29.0 Å². The summed E-state index contributed by atoms with van der Waals surface area (Å²) in [4.78, 5) is 0. The van der Waals surface area contributed by atoms with Gasteiger partial charge in [0, 0.05) is 6.54 Å². The highest BCUT2D eigenvalue weighted by molar-refractivity contribution is 7.83. The summed E-state index contributed by atoms with van der Waals surface area (Å²) >= 11 is 0. The second-order valence-corrected chi connectivity index (χ2v) is 8.56. The SMILES string of the molecule is NCCO[C@@H]1O[C@H](COS(=O)(=O)O)[C@@H](OCc2ccccc2)[C@H](O)[C@H]1NS(=O)(=O)O. The number of hydrogen-bond acceptors (Lipinski definition) is 10. The van der Waals surface area contributed by atoms with Gasteiger partial charge in [0.2, 0.25) is 0 Å². The molecule has 1 fully saturated rings. The predicted octanol–water partition coefficient (Wildman–Crippen LogP) is -1.79. The Balaban J connectivity index is 2.25. The molecule has 1 aromatic rings. The normalized spacial score (nSPS) is 27.8. The number of ether oxygens (including phenoxy) is 3. The number of nitrogens with one attached hydrogen (secondary N) is 1. The molecule has 172 valence electrons. The standard InChI is InChI=1S/C15H24N2O11S2/c16-6-7-25-15-12(17-29(19,20)21)13(18)14(11(28-15)9-27-30(22,23)24)26-8-10-4-2-1-3-5-10/h1-5,11-15,17-18H,6-9,16H2,(H,19,20,21)(H,22,23,24)/t11-,12-,13-,14-,15-/m1/s1. The van der Waals surface area contributed by atoms with Crippen LogP contribution in [0.15, 0.2) is 30.3 Å². The van der Waals surface area contributed by atoms with Gasteiger partial charge in [-0.25, -0.2) is 4.18 Å². The van der Waals surface area contributed by atoms with Gasteiger partial charge >= 0.3 is 20.7 Å². The van der Waals surface area contributed by atoms with Crippen LogP contribution in [-0.4, -0.2) is 81.4 Å². The Kier molecular flexibility index (Phi) is 9.07. The van der Waals surface area contributed by atoms with Gasteiger partial charge < -0.3 is 25.1 Å². The van der Waals surface area contributed by atoms with Crippen molar-refractivity contribution in [3.05, 3.63) is 35.9 Å². The molecule has 0 saturated carbocycles. The molecular formula is C15H24N2O11S2. The van der Waals surface area contributed by atoms with Crippen molar-refractivity contribution in [3.8, 4) is 0 Å². The Bertz CT molecular complexity index is 864. The first-order valence-corrected chi connectivity index (χ1v) is 11.5. The molecule has 1 aliphatic heterocycles. The monoisotopic (exact) mass is 472 g/mol. The highest BCUT2D eigenvalue weighted by Crippen LogP contribution is 2.26. The fraction of sp³-hybridized carbons (Fsp3) is 0.600. The molecule has 13 nitrogen and oxygen atoms in total. The topological polar surface area (TPSA) is 204 Å². The summed E-state index contributed by atoms with van der Waals surface area (Å²) in [5.74, 6) is 0. The van der Waals surface area contributed by atoms with Gasteiger partial charge in [-0.2, -0.15) is 21.6 Å². The molecule has 1 saturated heterocycles. The van der Waals surface area contributed by atoms with E-state index in [9.17, 15) is 21.9 Å². The number of nitrogens with two attached hydrogens (primary N) is 1. The number of aliphatic hydroxyl groups excluding tert-OH is 1. The first kappa shape index (κ1) is 25.0. The maximum absolute atomic E-state index is 11.3. The van der Waals surface area contributed by atoms with E-state index in [1.54, 1.807) is 35.1 Å². The van der Waals surface area contributed by atoms with E-state index in [0.29, 0.717) is 5.56 Å². The van der Waals surface area contributed by atoms with E-state index in [-0.39, 0.29) is 19.8 Å². The maximum Gasteiger partial charge on any atom is 0.397 e. The quantitative estimate of drug-likeness (QED) is 0.227. The summed E-state index contributed by atoms with van der Waals surface area (Å²) in [6.45, 7) is -0.908. The molecule has 0 amide bonds. The zero-order valence-electron chi connectivity index (χ0n) is 15.6. The largest absolute Gasteiger partial charge is 0.397 e. The molecule has 5 atom stereocenters. The molecule has 0 radical (unpaired) electrons. The molecule has 0 bridgehead atoms. The third kappa shape index (κ3) is 8.12. The number of hydrogen-bond donors (Lipinski definition) is 5. The fourth-order valence-corrected chi connectivity index (χ4v) is 3.70. The molecular weight excluding hydrogens is 448 g/mol. The first-order chi connectivity index (χ1) is 14.0. The zero-order chi connectivity index (χ0) is 22.4. The van der Waals surface area contributed by atoms with Gasteiger partial charge in [0.1, 0.15) is 24.4 Å². The van der Waals surface area contributed by atoms with Crippen LogP contribution in [0.4, 0.5) is 0 Å². The smallest absolute Gasteiger partial charge is 0.388 e. The average molecular weight is 472 g/mol. The highest BCUT2D eigenvalue weighted by atomic mass is 32.3. The van der Waals surface area contributed by atoms with E-state index >= 15 is 0 Å². The lowest BCUT2D eigenvalue weighted by Gasteiger charge is -2.43. The molecule has 1 aliphatic rings. The van der Waals surface area contributed by atoms with Crippen LogP contribution in [0.25, 0.3) is 0 Å². The van der Waals surface area contributed by atoms with Gasteiger partial charge in [-0.1, -0.05) is 30.3 Å². The molecule has 6 N–H and O–H groups in total. The Morgan fingerprint density at radius 2 is 1.77 bits per heavy atom. The Morgan fingerprint density at radius 1 is 1.10 bits per heavy atom. The van der Waals surface area contributed by atoms with Crippen LogP contribution in [-0.2, 0) is 45.7 Å². The molecule has 0 aliphatic carbocycles. The van der Waals surface area contributed by atoms with Gasteiger partial charge in [-0.05, 0) is 5.56 Å². The Labute approximate surface area is 173 Å². The number of benzene rings is 1. The van der Waals surface area contributed by atoms with E-state index in [2.05, 4.69) is 4.18 Å². The van der Waals surface area contributed by atoms with Crippen molar-refractivity contribution in [2.45, 2.75) is 37.3 Å². The molecule has 2 rings (SSSR count). The van der Waals surface area contributed by atoms with Crippen molar-refractivity contribution in [3.63, 3.8) is 0 Å². The molecule has 1 heterocycles. The van der Waals surface area contributed by atoms with Crippen LogP contribution in [0.5, 0.6) is 0 Å². The van der Waals surface area contributed by atoms with Crippen molar-refractivity contribution >= 4 is 20.7 Å². The van der Waals surface area contributed by atoms with E-state index in [1.807, 2.05) is 0 Å². The summed E-state index contributed by atoms with van der Waals surface area (Å²) in [6, 6.07) is 7.18. The molecule has 15 heteroatoms. The lowest BCUT2D eigenvalue weighted by atomic mass is 9.97. The van der Waals surface area contributed by atoms with Gasteiger partial charge in [0.25, 0.3) is 0 Å². The van der Waals surface area contributed by atoms with Crippen molar-refractivity contribution in [1.82, 2.24) is 4.72 Å². The molecule has 0 aromatic heterocycles. The first-order valence-electron chi connectivity index (χ1n) is 8.67. The molecule has 30 heavy (non-hydrogen) atoms. The molecule has 0 unspecified atom stereocenters. The number of aliphatic hydroxyl groups is 1. The van der Waals surface area contributed by atoms with E-state index < -0.39 is 58.0 Å². The average Bonchev–Trinajstić information content (AvgIpc) is 2.65. The number of rotatable bonds is 11. The van der Waals surface area contributed by atoms with E-state index in [1.165, 1.54) is 0 Å². The predicted molar refractivity (Wildman–Crippen MR) is 101 cm³/mol. The Hall–Kier alpha value is -1.24. The van der Waals surface area contributed by atoms with Crippen molar-refractivity contribution in [2.24, 2.45) is 5.73 Å². The highest BCUT2D eigenvalue weighted by Gasteiger charge is 2.48. The second kappa shape index (κ2) is 10.9. The van der Waals surface area contributed by atoms with Gasteiger partial charge in [-0.15, -0.1) is 0 Å². The van der Waals surface area contributed by atoms with Crippen LogP contribution in [0.2, 0.25) is 0 Å². The lowest BCUT2D eigenvalue weighted by Crippen LogP contribution is -2.65. The van der Waals surface area contributed by atoms with Gasteiger partial charge in [0.15, 0.2) is 6.29 Å². The van der Waals surface area contributed by atoms with Gasteiger partial charge in [0.05, 0.1) is 19.8 Å². The van der Waals surface area contributed by atoms with Crippen molar-refractivity contribution in [1.29, 1.82) is 0 Å². The third-order valence-electron chi connectivity index (χ3n) is 4.02. The third-order valence-corrected chi connectivity index (χ3v) is 5.03. The summed E-state index contributed by atoms with van der Waals surface area (Å²) in [5.41, 5.74) is 6.04. The van der Waals surface area contributed by atoms with Crippen LogP contribution < -0.4 is 10.5 Å². The minimum Gasteiger partial charge on any atom is -0.388 e. The summed E-state index contributed by atoms with van der Waals surface area (Å²) < 4.78 is 85.0. The van der Waals surface area contributed by atoms with Crippen LogP contribution in [0.3, 0.4) is 0 Å². The van der Waals surface area contributed by atoms with Crippen LogP contribution >= 0.6 is 0 Å². The summed E-state index contributed by atoms with van der Waals surface area (Å²) in [5, 5.41) is 10.7. The van der Waals surface area contributed by atoms with Crippen molar-refractivity contribution in [2.75, 3.05) is 19.8 Å². The summed E-state index contributed by atoms with van der Waals surface area (Å²) in [6.07, 6.45) is -5.77. The Morgan fingerprint density at radius 3 is 2.33 bits per heavy atom. The zero-order valence-corrected chi connectivity index (χ0v) is 17.2. The van der Waals surface area contributed by atoms with E-state index in [0.717, 1.165) is 0 Å². The minimum atomic E-state index is -4.84. The van der Waals surface area contributed by atoms with Crippen LogP contribution in [0, 0.1) is 0 Å². The summed E-state index contributed by atoms with van der Waals surface area (Å²) in [7, 11) is -9.62. The fourth-order valence-electron chi connectivity index (χ4n) is 2.80.